The minimum Gasteiger partial charge on any atom is -0.481 e. The van der Waals surface area contributed by atoms with Crippen molar-refractivity contribution in [3.05, 3.63) is 29.8 Å². The Bertz CT molecular complexity index is 638. The molecule has 1 saturated carbocycles. The molecule has 138 valence electrons. The zero-order valence-corrected chi connectivity index (χ0v) is 14.0. The van der Waals surface area contributed by atoms with Crippen LogP contribution in [0, 0.1) is 11.3 Å². The molecule has 0 radical (unpaired) electrons. The van der Waals surface area contributed by atoms with Crippen LogP contribution in [-0.4, -0.2) is 41.8 Å². The van der Waals surface area contributed by atoms with Crippen LogP contribution in [0.4, 0.5) is 13.2 Å². The number of carbonyl (C=O) groups excluding carboxylic acids is 1. The summed E-state index contributed by atoms with van der Waals surface area (Å²) < 4.78 is 40.3. The van der Waals surface area contributed by atoms with Crippen molar-refractivity contribution in [1.82, 2.24) is 4.90 Å². The summed E-state index contributed by atoms with van der Waals surface area (Å²) in [6, 6.07) is 5.46. The second-order valence-electron chi connectivity index (χ2n) is 6.57. The first-order valence-corrected chi connectivity index (χ1v) is 7.85. The van der Waals surface area contributed by atoms with Crippen molar-refractivity contribution in [2.45, 2.75) is 32.5 Å². The van der Waals surface area contributed by atoms with Crippen molar-refractivity contribution in [1.29, 1.82) is 0 Å². The molecule has 1 unspecified atom stereocenters. The Kier molecular flexibility index (Phi) is 5.29. The van der Waals surface area contributed by atoms with Crippen LogP contribution in [0.1, 0.15) is 25.3 Å². The Morgan fingerprint density at radius 3 is 2.28 bits per heavy atom. The molecule has 0 heterocycles. The lowest BCUT2D eigenvalue weighted by Crippen LogP contribution is -2.39. The Hall–Kier alpha value is -2.25. The van der Waals surface area contributed by atoms with Crippen LogP contribution in [0.5, 0.6) is 5.75 Å². The third-order valence-electron chi connectivity index (χ3n) is 4.32. The van der Waals surface area contributed by atoms with Gasteiger partial charge in [-0.2, -0.15) is 0 Å². The molecule has 25 heavy (non-hydrogen) atoms. The predicted molar refractivity (Wildman–Crippen MR) is 82.9 cm³/mol. The van der Waals surface area contributed by atoms with E-state index in [1.54, 1.807) is 7.05 Å². The molecule has 1 aromatic rings. The molecular formula is C17H20F3NO4. The Morgan fingerprint density at radius 1 is 1.28 bits per heavy atom. The van der Waals surface area contributed by atoms with Gasteiger partial charge in [-0.25, -0.2) is 0 Å². The number of rotatable bonds is 7. The van der Waals surface area contributed by atoms with E-state index in [2.05, 4.69) is 4.74 Å². The summed E-state index contributed by atoms with van der Waals surface area (Å²) in [4.78, 5) is 24.9. The van der Waals surface area contributed by atoms with Crippen molar-refractivity contribution >= 4 is 11.9 Å². The lowest BCUT2D eigenvalue weighted by Gasteiger charge is -2.25. The Morgan fingerprint density at radius 2 is 1.84 bits per heavy atom. The first kappa shape index (κ1) is 19.1. The molecule has 8 heteroatoms. The normalized spacial score (nSPS) is 16.8. The summed E-state index contributed by atoms with van der Waals surface area (Å²) in [5.41, 5.74) is 0.152. The van der Waals surface area contributed by atoms with Crippen LogP contribution in [-0.2, 0) is 16.0 Å². The van der Waals surface area contributed by atoms with E-state index in [0.29, 0.717) is 19.3 Å². The van der Waals surface area contributed by atoms with E-state index in [4.69, 9.17) is 5.11 Å². The average Bonchev–Trinajstić information content (AvgIpc) is 3.27. The monoisotopic (exact) mass is 359 g/mol. The van der Waals surface area contributed by atoms with Gasteiger partial charge in [0.2, 0.25) is 5.91 Å². The van der Waals surface area contributed by atoms with E-state index in [1.165, 1.54) is 36.1 Å². The van der Waals surface area contributed by atoms with Gasteiger partial charge in [-0.05, 0) is 37.0 Å². The highest BCUT2D eigenvalue weighted by atomic mass is 19.4. The van der Waals surface area contributed by atoms with Gasteiger partial charge >= 0.3 is 12.3 Å². The number of alkyl halides is 3. The molecule has 1 atom stereocenters. The number of amides is 1. The third kappa shape index (κ3) is 5.11. The van der Waals surface area contributed by atoms with Gasteiger partial charge in [0.1, 0.15) is 5.75 Å². The SMILES string of the molecule is CC(CN(C)C(=O)C1(Cc2ccc(OC(F)(F)F)cc2)CC1)C(=O)O. The van der Waals surface area contributed by atoms with Crippen molar-refractivity contribution in [3.63, 3.8) is 0 Å². The van der Waals surface area contributed by atoms with Crippen LogP contribution in [0.2, 0.25) is 0 Å². The molecule has 0 bridgehead atoms. The largest absolute Gasteiger partial charge is 0.573 e. The van der Waals surface area contributed by atoms with Gasteiger partial charge in [0.05, 0.1) is 11.3 Å². The van der Waals surface area contributed by atoms with Gasteiger partial charge in [0, 0.05) is 13.6 Å². The highest BCUT2D eigenvalue weighted by Gasteiger charge is 2.51. The molecule has 0 saturated heterocycles. The minimum absolute atomic E-state index is 0.119. The van der Waals surface area contributed by atoms with E-state index < -0.39 is 23.7 Å². The zero-order chi connectivity index (χ0) is 18.8. The number of benzene rings is 1. The van der Waals surface area contributed by atoms with E-state index in [-0.39, 0.29) is 18.2 Å². The highest BCUT2D eigenvalue weighted by Crippen LogP contribution is 2.50. The zero-order valence-electron chi connectivity index (χ0n) is 14.0. The number of ether oxygens (including phenoxy) is 1. The summed E-state index contributed by atoms with van der Waals surface area (Å²) in [7, 11) is 1.57. The molecular weight excluding hydrogens is 339 g/mol. The van der Waals surface area contributed by atoms with Crippen LogP contribution >= 0.6 is 0 Å². The number of hydrogen-bond donors (Lipinski definition) is 1. The molecule has 1 aliphatic rings. The maximum absolute atomic E-state index is 12.6. The minimum atomic E-state index is -4.74. The van der Waals surface area contributed by atoms with Gasteiger partial charge in [-0.3, -0.25) is 9.59 Å². The number of carbonyl (C=O) groups is 2. The number of aliphatic carboxylic acids is 1. The molecule has 0 aliphatic heterocycles. The van der Waals surface area contributed by atoms with Gasteiger partial charge in [-0.1, -0.05) is 19.1 Å². The summed E-state index contributed by atoms with van der Waals surface area (Å²) >= 11 is 0. The van der Waals surface area contributed by atoms with Crippen molar-refractivity contribution < 1.29 is 32.6 Å². The van der Waals surface area contributed by atoms with Crippen LogP contribution < -0.4 is 4.74 Å². The molecule has 0 aromatic heterocycles. The molecule has 1 N–H and O–H groups in total. The quantitative estimate of drug-likeness (QED) is 0.812. The van der Waals surface area contributed by atoms with Crippen LogP contribution in [0.15, 0.2) is 24.3 Å². The smallest absolute Gasteiger partial charge is 0.481 e. The molecule has 1 aliphatic carbocycles. The maximum atomic E-state index is 12.6. The van der Waals surface area contributed by atoms with Gasteiger partial charge < -0.3 is 14.7 Å². The average molecular weight is 359 g/mol. The summed E-state index contributed by atoms with van der Waals surface area (Å²) in [6.07, 6.45) is -2.97. The number of nitrogens with zero attached hydrogens (tertiary/aromatic N) is 1. The topological polar surface area (TPSA) is 66.8 Å². The van der Waals surface area contributed by atoms with Crippen LogP contribution in [0.3, 0.4) is 0 Å². The fourth-order valence-electron chi connectivity index (χ4n) is 2.79. The molecule has 1 amide bonds. The summed E-state index contributed by atoms with van der Waals surface area (Å²) in [5.74, 6) is -2.07. The molecule has 1 aromatic carbocycles. The van der Waals surface area contributed by atoms with E-state index >= 15 is 0 Å². The number of carboxylic acids is 1. The van der Waals surface area contributed by atoms with E-state index in [1.807, 2.05) is 0 Å². The highest BCUT2D eigenvalue weighted by molar-refractivity contribution is 5.86. The predicted octanol–water partition coefficient (Wildman–Crippen LogP) is 3.09. The second kappa shape index (κ2) is 6.93. The van der Waals surface area contributed by atoms with E-state index in [0.717, 1.165) is 5.56 Å². The Balaban J connectivity index is 1.99. The van der Waals surface area contributed by atoms with Crippen molar-refractivity contribution in [3.8, 4) is 5.75 Å². The van der Waals surface area contributed by atoms with Gasteiger partial charge in [0.15, 0.2) is 0 Å². The number of carboxylic acid groups (broad SMARTS) is 1. The molecule has 2 rings (SSSR count). The fraction of sp³-hybridized carbons (Fsp3) is 0.529. The number of hydrogen-bond acceptors (Lipinski definition) is 3. The molecule has 1 fully saturated rings. The summed E-state index contributed by atoms with van der Waals surface area (Å²) in [6.45, 7) is 1.65. The second-order valence-corrected chi connectivity index (χ2v) is 6.57. The van der Waals surface area contributed by atoms with Crippen molar-refractivity contribution in [2.24, 2.45) is 11.3 Å². The Labute approximate surface area is 143 Å². The maximum Gasteiger partial charge on any atom is 0.573 e. The molecule has 5 nitrogen and oxygen atoms in total. The number of halogens is 3. The first-order valence-electron chi connectivity index (χ1n) is 7.85. The van der Waals surface area contributed by atoms with Crippen molar-refractivity contribution in [2.75, 3.05) is 13.6 Å². The van der Waals surface area contributed by atoms with Crippen LogP contribution in [0.25, 0.3) is 0 Å². The lowest BCUT2D eigenvalue weighted by atomic mass is 9.94. The van der Waals surface area contributed by atoms with Gasteiger partial charge in [-0.15, -0.1) is 13.2 Å². The first-order chi connectivity index (χ1) is 11.5. The lowest BCUT2D eigenvalue weighted by molar-refractivity contribution is -0.274. The fourth-order valence-corrected chi connectivity index (χ4v) is 2.79. The van der Waals surface area contributed by atoms with Gasteiger partial charge in [0.25, 0.3) is 0 Å². The third-order valence-corrected chi connectivity index (χ3v) is 4.32. The standard InChI is InChI=1S/C17H20F3NO4/c1-11(14(22)23)10-21(2)15(24)16(7-8-16)9-12-3-5-13(6-4-12)25-17(18,19)20/h3-6,11H,7-10H2,1-2H3,(H,22,23). The van der Waals surface area contributed by atoms with E-state index in [9.17, 15) is 22.8 Å². The summed E-state index contributed by atoms with van der Waals surface area (Å²) in [5, 5.41) is 8.94. The molecule has 0 spiro atoms.